The third kappa shape index (κ3) is 18.5. The summed E-state index contributed by atoms with van der Waals surface area (Å²) >= 11 is 5.00. The normalized spacial score (nSPS) is 6.56. The topological polar surface area (TPSA) is 26.3 Å². The molecule has 0 rings (SSSR count). The summed E-state index contributed by atoms with van der Waals surface area (Å²) in [6, 6.07) is 0. The van der Waals surface area contributed by atoms with E-state index in [2.05, 4.69) is 11.3 Å². The summed E-state index contributed by atoms with van der Waals surface area (Å²) < 4.78 is 4.14. The van der Waals surface area contributed by atoms with E-state index in [-0.39, 0.29) is 0 Å². The van der Waals surface area contributed by atoms with Crippen molar-refractivity contribution in [2.24, 2.45) is 0 Å². The van der Waals surface area contributed by atoms with Crippen molar-refractivity contribution in [1.82, 2.24) is 0 Å². The molecule has 0 aliphatic heterocycles. The largest absolute Gasteiger partial charge is 0.466 e. The van der Waals surface area contributed by atoms with Crippen LogP contribution in [0.5, 0.6) is 0 Å². The highest BCUT2D eigenvalue weighted by Gasteiger charge is 1.81. The van der Waals surface area contributed by atoms with Gasteiger partial charge in [-0.1, -0.05) is 13.5 Å². The molecule has 0 heterocycles. The third-order valence-electron chi connectivity index (χ3n) is 0.368. The van der Waals surface area contributed by atoms with Gasteiger partial charge < -0.3 is 4.74 Å². The summed E-state index contributed by atoms with van der Waals surface area (Å²) in [5.41, 5.74) is 0. The second-order valence-electron chi connectivity index (χ2n) is 0.995. The number of esters is 1. The highest BCUT2D eigenvalue weighted by atomic mass is 35.5. The van der Waals surface area contributed by atoms with Gasteiger partial charge in [0.1, 0.15) is 0 Å². The van der Waals surface area contributed by atoms with Crippen LogP contribution >= 0.6 is 11.6 Å². The zero-order valence-corrected chi connectivity index (χ0v) is 6.44. The second-order valence-corrected chi connectivity index (χ2v) is 1.53. The van der Waals surface area contributed by atoms with Crippen LogP contribution in [0.4, 0.5) is 0 Å². The Morgan fingerprint density at radius 1 is 1.89 bits per heavy atom. The third-order valence-corrected chi connectivity index (χ3v) is 0.368. The van der Waals surface area contributed by atoms with Gasteiger partial charge in [0, 0.05) is 12.0 Å². The van der Waals surface area contributed by atoms with Crippen molar-refractivity contribution >= 4 is 17.6 Å². The van der Waals surface area contributed by atoms with Gasteiger partial charge in [-0.25, -0.2) is 4.79 Å². The van der Waals surface area contributed by atoms with Crippen LogP contribution in [-0.4, -0.2) is 19.0 Å². The molecule has 0 atom stereocenters. The van der Waals surface area contributed by atoms with Crippen LogP contribution < -0.4 is 0 Å². The van der Waals surface area contributed by atoms with E-state index in [0.29, 0.717) is 0 Å². The van der Waals surface area contributed by atoms with Crippen LogP contribution in [0.25, 0.3) is 0 Å². The highest BCUT2D eigenvalue weighted by molar-refractivity contribution is 6.17. The van der Waals surface area contributed by atoms with Crippen LogP contribution in [0.3, 0.4) is 0 Å². The Labute approximate surface area is 60.5 Å². The van der Waals surface area contributed by atoms with E-state index >= 15 is 0 Å². The van der Waals surface area contributed by atoms with E-state index in [0.717, 1.165) is 12.0 Å². The smallest absolute Gasteiger partial charge is 0.329 e. The van der Waals surface area contributed by atoms with Gasteiger partial charge in [0.15, 0.2) is 0 Å². The molecule has 0 saturated heterocycles. The molecule has 0 aromatic carbocycles. The van der Waals surface area contributed by atoms with Crippen molar-refractivity contribution in [2.45, 2.75) is 6.92 Å². The molecule has 0 spiro atoms. The molecule has 54 valence electrons. The van der Waals surface area contributed by atoms with Crippen molar-refractivity contribution in [2.75, 3.05) is 13.0 Å². The zero-order valence-electron chi connectivity index (χ0n) is 5.69. The second kappa shape index (κ2) is 10.5. The minimum Gasteiger partial charge on any atom is -0.466 e. The molecule has 0 amide bonds. The molecule has 0 aliphatic rings. The van der Waals surface area contributed by atoms with E-state index in [4.69, 9.17) is 11.6 Å². The van der Waals surface area contributed by atoms with E-state index in [1.165, 1.54) is 7.11 Å². The van der Waals surface area contributed by atoms with Crippen molar-refractivity contribution < 1.29 is 9.53 Å². The van der Waals surface area contributed by atoms with Gasteiger partial charge >= 0.3 is 5.97 Å². The molecule has 0 aliphatic carbocycles. The fourth-order valence-corrected chi connectivity index (χ4v) is 0.0833. The number of ether oxygens (including phenoxy) is 1. The first-order chi connectivity index (χ1) is 4.22. The van der Waals surface area contributed by atoms with Crippen LogP contribution in [0.15, 0.2) is 12.7 Å². The van der Waals surface area contributed by atoms with Gasteiger partial charge in [-0.3, -0.25) is 0 Å². The van der Waals surface area contributed by atoms with Crippen LogP contribution in [-0.2, 0) is 9.53 Å². The molecule has 0 N–H and O–H groups in total. The van der Waals surface area contributed by atoms with Crippen molar-refractivity contribution in [3.63, 3.8) is 0 Å². The minimum absolute atomic E-state index is 0.394. The molecule has 0 aromatic rings. The maximum absolute atomic E-state index is 9.84. The zero-order chi connectivity index (χ0) is 7.70. The van der Waals surface area contributed by atoms with Crippen molar-refractivity contribution in [3.8, 4) is 0 Å². The molecule has 9 heavy (non-hydrogen) atoms. The standard InChI is InChI=1S/C4H6O2.C2H5Cl/c1-3-4(5)6-2;1-2-3/h3H,1H2,2H3;2H2,1H3. The number of hydrogen-bond acceptors (Lipinski definition) is 2. The number of hydrogen-bond donors (Lipinski definition) is 0. The SMILES string of the molecule is C=CC(=O)OC.CCCl. The van der Waals surface area contributed by atoms with Crippen LogP contribution in [0, 0.1) is 0 Å². The first-order valence-corrected chi connectivity index (χ1v) is 3.02. The summed E-state index contributed by atoms with van der Waals surface area (Å²) in [5.74, 6) is 0.329. The average molecular weight is 151 g/mol. The molecule has 3 heteroatoms. The minimum atomic E-state index is -0.394. The fourth-order valence-electron chi connectivity index (χ4n) is 0.0833. The number of carbonyl (C=O) groups is 1. The number of alkyl halides is 1. The molecule has 0 bridgehead atoms. The van der Waals surface area contributed by atoms with Crippen LogP contribution in [0.2, 0.25) is 0 Å². The van der Waals surface area contributed by atoms with Gasteiger partial charge in [0.2, 0.25) is 0 Å². The van der Waals surface area contributed by atoms with E-state index < -0.39 is 5.97 Å². The molecule has 0 aromatic heterocycles. The molecule has 0 radical (unpaired) electrons. The lowest BCUT2D eigenvalue weighted by Gasteiger charge is -1.83. The summed E-state index contributed by atoms with van der Waals surface area (Å²) in [5, 5.41) is 0. The Morgan fingerprint density at radius 2 is 2.22 bits per heavy atom. The first kappa shape index (κ1) is 11.3. The molecule has 0 fully saturated rings. The maximum atomic E-state index is 9.84. The van der Waals surface area contributed by atoms with Crippen molar-refractivity contribution in [1.29, 1.82) is 0 Å². The lowest BCUT2D eigenvalue weighted by Crippen LogP contribution is -1.91. The quantitative estimate of drug-likeness (QED) is 0.322. The van der Waals surface area contributed by atoms with Crippen LogP contribution in [0.1, 0.15) is 6.92 Å². The monoisotopic (exact) mass is 150 g/mol. The maximum Gasteiger partial charge on any atom is 0.329 e. The van der Waals surface area contributed by atoms with E-state index in [9.17, 15) is 4.79 Å². The first-order valence-electron chi connectivity index (χ1n) is 2.49. The Morgan fingerprint density at radius 3 is 2.22 bits per heavy atom. The Bertz CT molecular complexity index is 81.1. The predicted octanol–water partition coefficient (Wildman–Crippen LogP) is 1.59. The number of rotatable bonds is 1. The highest BCUT2D eigenvalue weighted by Crippen LogP contribution is 1.67. The Hall–Kier alpha value is -0.500. The fraction of sp³-hybridized carbons (Fsp3) is 0.500. The lowest BCUT2D eigenvalue weighted by atomic mass is 10.7. The lowest BCUT2D eigenvalue weighted by molar-refractivity contribution is -0.134. The summed E-state index contributed by atoms with van der Waals surface area (Å²) in [4.78, 5) is 9.84. The average Bonchev–Trinajstić information content (AvgIpc) is 1.88. The van der Waals surface area contributed by atoms with Gasteiger partial charge in [0.25, 0.3) is 0 Å². The van der Waals surface area contributed by atoms with Gasteiger partial charge in [-0.2, -0.15) is 0 Å². The Kier molecular flexibility index (Phi) is 13.2. The predicted molar refractivity (Wildman–Crippen MR) is 38.6 cm³/mol. The molecular weight excluding hydrogens is 140 g/mol. The summed E-state index contributed by atoms with van der Waals surface area (Å²) in [7, 11) is 1.31. The molecule has 0 unspecified atom stereocenters. The van der Waals surface area contributed by atoms with Gasteiger partial charge in [-0.05, 0) is 0 Å². The van der Waals surface area contributed by atoms with Gasteiger partial charge in [0.05, 0.1) is 7.11 Å². The van der Waals surface area contributed by atoms with Gasteiger partial charge in [-0.15, -0.1) is 11.6 Å². The number of methoxy groups -OCH3 is 1. The summed E-state index contributed by atoms with van der Waals surface area (Å²) in [6.07, 6.45) is 1.11. The molecular formula is C6H11ClO2. The molecule has 0 saturated carbocycles. The number of halogens is 1. The number of carbonyl (C=O) groups excluding carboxylic acids is 1. The van der Waals surface area contributed by atoms with Crippen molar-refractivity contribution in [3.05, 3.63) is 12.7 Å². The van der Waals surface area contributed by atoms with E-state index in [1.54, 1.807) is 0 Å². The Balaban J connectivity index is 0. The molecule has 2 nitrogen and oxygen atoms in total. The summed E-state index contributed by atoms with van der Waals surface area (Å²) in [6.45, 7) is 5.05. The van der Waals surface area contributed by atoms with E-state index in [1.807, 2.05) is 6.92 Å².